The van der Waals surface area contributed by atoms with E-state index in [1.807, 2.05) is 0 Å². The van der Waals surface area contributed by atoms with E-state index >= 15 is 0 Å². The van der Waals surface area contributed by atoms with Gasteiger partial charge < -0.3 is 9.47 Å². The lowest BCUT2D eigenvalue weighted by atomic mass is 9.63. The zero-order valence-electron chi connectivity index (χ0n) is 9.52. The quantitative estimate of drug-likeness (QED) is 0.504. The number of hydrogen-bond acceptors (Lipinski definition) is 2. The van der Waals surface area contributed by atoms with E-state index in [1.54, 1.807) is 0 Å². The molecule has 2 bridgehead atoms. The second kappa shape index (κ2) is 3.46. The molecule has 3 rings (SSSR count). The third-order valence-corrected chi connectivity index (χ3v) is 4.30. The van der Waals surface area contributed by atoms with Gasteiger partial charge in [-0.25, -0.2) is 0 Å². The van der Waals surface area contributed by atoms with Crippen molar-refractivity contribution in [3.63, 3.8) is 0 Å². The van der Waals surface area contributed by atoms with Crippen molar-refractivity contribution in [1.29, 1.82) is 0 Å². The Labute approximate surface area is 104 Å². The summed E-state index contributed by atoms with van der Waals surface area (Å²) in [5.74, 6) is 0. The van der Waals surface area contributed by atoms with Crippen LogP contribution in [0.3, 0.4) is 0 Å². The fourth-order valence-electron chi connectivity index (χ4n) is 3.59. The average Bonchev–Trinajstić information content (AvgIpc) is 2.88. The van der Waals surface area contributed by atoms with Crippen LogP contribution in [0.15, 0.2) is 12.2 Å². The lowest BCUT2D eigenvalue weighted by molar-refractivity contribution is -0.397. The van der Waals surface area contributed by atoms with Gasteiger partial charge in [-0.3, -0.25) is 0 Å². The Morgan fingerprint density at radius 3 is 2.05 bits per heavy atom. The van der Waals surface area contributed by atoms with Crippen LogP contribution in [-0.4, -0.2) is 36.8 Å². The average molecular weight is 288 g/mol. The van der Waals surface area contributed by atoms with Gasteiger partial charge in [-0.05, 0) is 12.8 Å². The molecule has 3 aliphatic rings. The Balaban J connectivity index is 2.17. The molecule has 3 atom stereocenters. The van der Waals surface area contributed by atoms with Crippen LogP contribution in [-0.2, 0) is 9.47 Å². The minimum absolute atomic E-state index is 0.308. The summed E-state index contributed by atoms with van der Waals surface area (Å²) in [6, 6.07) is 0. The molecule has 3 aliphatic heterocycles. The number of fused-ring (bicyclic) bond motifs is 3. The fourth-order valence-corrected chi connectivity index (χ4v) is 3.59. The normalized spacial score (nSPS) is 40.5. The van der Waals surface area contributed by atoms with Crippen molar-refractivity contribution >= 4 is 0 Å². The summed E-state index contributed by atoms with van der Waals surface area (Å²) in [5.41, 5.74) is -6.22. The molecule has 3 unspecified atom stereocenters. The summed E-state index contributed by atoms with van der Waals surface area (Å²) in [4.78, 5) is 0. The molecule has 3 heterocycles. The molecule has 0 aliphatic carbocycles. The zero-order chi connectivity index (χ0) is 14.1. The number of rotatable bonds is 0. The third-order valence-electron chi connectivity index (χ3n) is 4.30. The first-order chi connectivity index (χ1) is 8.64. The summed E-state index contributed by atoms with van der Waals surface area (Å²) >= 11 is 0. The van der Waals surface area contributed by atoms with Gasteiger partial charge in [0.05, 0.1) is 17.6 Å². The first kappa shape index (κ1) is 13.2. The molecule has 1 spiro atoms. The van der Waals surface area contributed by atoms with E-state index in [0.29, 0.717) is 0 Å². The maximum atomic E-state index is 13.2. The van der Waals surface area contributed by atoms with E-state index in [-0.39, 0.29) is 12.8 Å². The van der Waals surface area contributed by atoms with Crippen molar-refractivity contribution in [2.45, 2.75) is 43.0 Å². The first-order valence-electron chi connectivity index (χ1n) is 5.75. The summed E-state index contributed by atoms with van der Waals surface area (Å²) in [7, 11) is 0. The van der Waals surface area contributed by atoms with Crippen LogP contribution >= 0.6 is 0 Å². The number of alkyl halides is 6. The molecule has 2 saturated heterocycles. The summed E-state index contributed by atoms with van der Waals surface area (Å²) in [6.45, 7) is -0.570. The van der Waals surface area contributed by atoms with E-state index in [2.05, 4.69) is 4.74 Å². The van der Waals surface area contributed by atoms with Crippen molar-refractivity contribution < 1.29 is 35.8 Å². The van der Waals surface area contributed by atoms with Gasteiger partial charge in [0.1, 0.15) is 0 Å². The second-order valence-electron chi connectivity index (χ2n) is 5.12. The van der Waals surface area contributed by atoms with Crippen LogP contribution in [0.25, 0.3) is 0 Å². The molecule has 0 aromatic rings. The van der Waals surface area contributed by atoms with Crippen molar-refractivity contribution in [1.82, 2.24) is 0 Å². The van der Waals surface area contributed by atoms with Crippen molar-refractivity contribution in [3.8, 4) is 0 Å². The van der Waals surface area contributed by atoms with Gasteiger partial charge in [-0.2, -0.15) is 26.3 Å². The second-order valence-corrected chi connectivity index (χ2v) is 5.12. The van der Waals surface area contributed by atoms with Crippen molar-refractivity contribution in [2.24, 2.45) is 5.41 Å². The van der Waals surface area contributed by atoms with Gasteiger partial charge in [0.25, 0.3) is 5.60 Å². The molecule has 2 fully saturated rings. The molecule has 0 saturated carbocycles. The van der Waals surface area contributed by atoms with Gasteiger partial charge in [0.2, 0.25) is 0 Å². The Morgan fingerprint density at radius 1 is 1.00 bits per heavy atom. The summed E-state index contributed by atoms with van der Waals surface area (Å²) in [5, 5.41) is 0. The maximum absolute atomic E-state index is 13.2. The number of ether oxygens (including phenoxy) is 2. The molecule has 8 heteroatoms. The molecule has 19 heavy (non-hydrogen) atoms. The predicted octanol–water partition coefficient (Wildman–Crippen LogP) is 2.98. The molecular formula is C11H10F6O2. The Bertz CT molecular complexity index is 412. The first-order valence-corrected chi connectivity index (χ1v) is 5.75. The lowest BCUT2D eigenvalue weighted by Gasteiger charge is -2.45. The van der Waals surface area contributed by atoms with E-state index < -0.39 is 42.2 Å². The monoisotopic (exact) mass is 288 g/mol. The van der Waals surface area contributed by atoms with Gasteiger partial charge in [0.15, 0.2) is 0 Å². The van der Waals surface area contributed by atoms with Crippen molar-refractivity contribution in [2.75, 3.05) is 6.61 Å². The van der Waals surface area contributed by atoms with Crippen LogP contribution in [0.4, 0.5) is 26.3 Å². The van der Waals surface area contributed by atoms with E-state index in [1.165, 1.54) is 12.2 Å². The Kier molecular flexibility index (Phi) is 2.41. The molecule has 0 radical (unpaired) electrons. The van der Waals surface area contributed by atoms with Crippen LogP contribution in [0.2, 0.25) is 0 Å². The predicted molar refractivity (Wildman–Crippen MR) is 50.3 cm³/mol. The molecule has 0 N–H and O–H groups in total. The minimum Gasteiger partial charge on any atom is -0.366 e. The number of hydrogen-bond donors (Lipinski definition) is 0. The molecule has 2 nitrogen and oxygen atoms in total. The highest BCUT2D eigenvalue weighted by atomic mass is 19.4. The van der Waals surface area contributed by atoms with Crippen molar-refractivity contribution in [3.05, 3.63) is 12.2 Å². The zero-order valence-corrected chi connectivity index (χ0v) is 9.52. The molecule has 0 aromatic carbocycles. The Morgan fingerprint density at radius 2 is 1.63 bits per heavy atom. The van der Waals surface area contributed by atoms with Gasteiger partial charge in [-0.1, -0.05) is 12.2 Å². The summed E-state index contributed by atoms with van der Waals surface area (Å²) in [6.07, 6.45) is -10.8. The fraction of sp³-hybridized carbons (Fsp3) is 0.818. The lowest BCUT2D eigenvalue weighted by Crippen LogP contribution is -2.67. The largest absolute Gasteiger partial charge is 0.427 e. The molecule has 0 amide bonds. The van der Waals surface area contributed by atoms with E-state index in [0.717, 1.165) is 0 Å². The Hall–Kier alpha value is -0.760. The van der Waals surface area contributed by atoms with Crippen LogP contribution in [0.1, 0.15) is 12.8 Å². The van der Waals surface area contributed by atoms with Crippen LogP contribution in [0, 0.1) is 5.41 Å². The van der Waals surface area contributed by atoms with Gasteiger partial charge in [-0.15, -0.1) is 0 Å². The topological polar surface area (TPSA) is 18.5 Å². The van der Waals surface area contributed by atoms with Gasteiger partial charge >= 0.3 is 12.4 Å². The highest BCUT2D eigenvalue weighted by Gasteiger charge is 2.85. The smallest absolute Gasteiger partial charge is 0.366 e. The highest BCUT2D eigenvalue weighted by Crippen LogP contribution is 2.67. The highest BCUT2D eigenvalue weighted by molar-refractivity contribution is 5.27. The van der Waals surface area contributed by atoms with E-state index in [4.69, 9.17) is 4.74 Å². The SMILES string of the molecule is FC(F)(F)C1(C(F)(F)F)OCCC12CC1C=CC2O1. The third kappa shape index (κ3) is 1.36. The van der Waals surface area contributed by atoms with Crippen LogP contribution in [0.5, 0.6) is 0 Å². The molecule has 108 valence electrons. The van der Waals surface area contributed by atoms with E-state index in [9.17, 15) is 26.3 Å². The maximum Gasteiger partial charge on any atom is 0.427 e. The van der Waals surface area contributed by atoms with Gasteiger partial charge in [0, 0.05) is 6.61 Å². The molecular weight excluding hydrogens is 278 g/mol. The minimum atomic E-state index is -5.52. The van der Waals surface area contributed by atoms with Crippen LogP contribution < -0.4 is 0 Å². The standard InChI is InChI=1S/C11H10F6O2/c12-10(13,14)9(11(15,16)17)8(3-4-18-9)5-6-1-2-7(8)19-6/h1-2,6-7H,3-5H2. The summed E-state index contributed by atoms with van der Waals surface area (Å²) < 4.78 is 88.7. The molecule has 0 aromatic heterocycles. The number of halogens is 6.